The summed E-state index contributed by atoms with van der Waals surface area (Å²) in [5.74, 6) is 0.976. The lowest BCUT2D eigenvalue weighted by atomic mass is 10.1. The van der Waals surface area contributed by atoms with E-state index < -0.39 is 6.04 Å². The first kappa shape index (κ1) is 20.9. The number of carbonyl (C=O) groups is 3. The predicted octanol–water partition coefficient (Wildman–Crippen LogP) is 1.13. The van der Waals surface area contributed by atoms with Crippen LogP contribution in [0.4, 0.5) is 0 Å². The van der Waals surface area contributed by atoms with Crippen LogP contribution in [-0.2, 0) is 20.9 Å². The molecule has 1 unspecified atom stereocenters. The van der Waals surface area contributed by atoms with Gasteiger partial charge in [-0.3, -0.25) is 19.3 Å². The molecule has 2 aliphatic rings. The Balaban J connectivity index is 1.43. The monoisotopic (exact) mass is 422 g/mol. The minimum Gasteiger partial charge on any atom is -0.457 e. The number of hydrogen-bond acceptors (Lipinski definition) is 5. The fourth-order valence-electron chi connectivity index (χ4n) is 3.89. The van der Waals surface area contributed by atoms with Gasteiger partial charge in [-0.1, -0.05) is 30.3 Å². The van der Waals surface area contributed by atoms with E-state index in [4.69, 9.17) is 4.74 Å². The maximum Gasteiger partial charge on any atom is 0.239 e. The quantitative estimate of drug-likeness (QED) is 0.728. The van der Waals surface area contributed by atoms with Crippen LogP contribution in [-0.4, -0.2) is 66.3 Å². The van der Waals surface area contributed by atoms with Gasteiger partial charge in [0.15, 0.2) is 0 Å². The first-order chi connectivity index (χ1) is 15.1. The molecule has 0 aromatic heterocycles. The summed E-state index contributed by atoms with van der Waals surface area (Å²) in [6.45, 7) is 2.67. The Morgan fingerprint density at radius 2 is 1.74 bits per heavy atom. The van der Waals surface area contributed by atoms with Gasteiger partial charge in [-0.15, -0.1) is 0 Å². The molecular formula is C23H26N4O4. The standard InChI is InChI=1S/C23H26N4O4/c28-21-16-27(12-9-24-21)22(29)14-20-23(30)25-10-11-26(20)15-17-5-4-8-19(13-17)31-18-6-2-1-3-7-18/h1-8,13,20H,9-12,14-16H2,(H,24,28)(H,25,30). The molecule has 31 heavy (non-hydrogen) atoms. The molecule has 0 aliphatic carbocycles. The van der Waals surface area contributed by atoms with E-state index in [0.29, 0.717) is 32.7 Å². The van der Waals surface area contributed by atoms with Crippen molar-refractivity contribution in [2.45, 2.75) is 19.0 Å². The van der Waals surface area contributed by atoms with Crippen molar-refractivity contribution in [2.75, 3.05) is 32.7 Å². The lowest BCUT2D eigenvalue weighted by molar-refractivity contribution is -0.142. The van der Waals surface area contributed by atoms with Gasteiger partial charge in [-0.2, -0.15) is 0 Å². The van der Waals surface area contributed by atoms with Crippen molar-refractivity contribution in [3.05, 3.63) is 60.2 Å². The molecule has 1 atom stereocenters. The summed E-state index contributed by atoms with van der Waals surface area (Å²) in [5.41, 5.74) is 0.998. The third-order valence-corrected chi connectivity index (χ3v) is 5.46. The predicted molar refractivity (Wildman–Crippen MR) is 114 cm³/mol. The summed E-state index contributed by atoms with van der Waals surface area (Å²) in [6, 6.07) is 16.7. The highest BCUT2D eigenvalue weighted by Gasteiger charge is 2.33. The SMILES string of the molecule is O=C1CN(C(=O)CC2C(=O)NCCN2Cc2cccc(Oc3ccccc3)c2)CCN1. The zero-order valence-corrected chi connectivity index (χ0v) is 17.3. The molecule has 2 saturated heterocycles. The lowest BCUT2D eigenvalue weighted by Gasteiger charge is -2.36. The summed E-state index contributed by atoms with van der Waals surface area (Å²) in [5, 5.41) is 5.56. The third kappa shape index (κ3) is 5.40. The first-order valence-electron chi connectivity index (χ1n) is 10.5. The van der Waals surface area contributed by atoms with Gasteiger partial charge in [0.1, 0.15) is 11.5 Å². The maximum atomic E-state index is 12.7. The highest BCUT2D eigenvalue weighted by Crippen LogP contribution is 2.23. The molecule has 8 nitrogen and oxygen atoms in total. The number of hydrogen-bond donors (Lipinski definition) is 2. The van der Waals surface area contributed by atoms with Crippen molar-refractivity contribution in [3.8, 4) is 11.5 Å². The molecule has 162 valence electrons. The molecule has 2 fully saturated rings. The van der Waals surface area contributed by atoms with Crippen LogP contribution >= 0.6 is 0 Å². The number of para-hydroxylation sites is 1. The van der Waals surface area contributed by atoms with Gasteiger partial charge in [-0.05, 0) is 29.8 Å². The maximum absolute atomic E-state index is 12.7. The Morgan fingerprint density at radius 1 is 0.968 bits per heavy atom. The van der Waals surface area contributed by atoms with E-state index in [0.717, 1.165) is 17.1 Å². The summed E-state index contributed by atoms with van der Waals surface area (Å²) in [6.07, 6.45) is 0.0549. The van der Waals surface area contributed by atoms with Crippen molar-refractivity contribution in [3.63, 3.8) is 0 Å². The molecule has 8 heteroatoms. The third-order valence-electron chi connectivity index (χ3n) is 5.46. The van der Waals surface area contributed by atoms with Crippen LogP contribution in [0.2, 0.25) is 0 Å². The zero-order valence-electron chi connectivity index (χ0n) is 17.3. The highest BCUT2D eigenvalue weighted by molar-refractivity contribution is 5.91. The summed E-state index contributed by atoms with van der Waals surface area (Å²) in [4.78, 5) is 40.4. The van der Waals surface area contributed by atoms with Gasteiger partial charge < -0.3 is 20.3 Å². The molecule has 0 radical (unpaired) electrons. The topological polar surface area (TPSA) is 91.0 Å². The highest BCUT2D eigenvalue weighted by atomic mass is 16.5. The van der Waals surface area contributed by atoms with Gasteiger partial charge >= 0.3 is 0 Å². The molecule has 0 spiro atoms. The average molecular weight is 422 g/mol. The van der Waals surface area contributed by atoms with E-state index in [-0.39, 0.29) is 30.7 Å². The van der Waals surface area contributed by atoms with E-state index in [1.807, 2.05) is 59.5 Å². The van der Waals surface area contributed by atoms with Gasteiger partial charge in [0.05, 0.1) is 19.0 Å². The van der Waals surface area contributed by atoms with Gasteiger partial charge in [-0.25, -0.2) is 0 Å². The number of piperazine rings is 2. The second-order valence-corrected chi connectivity index (χ2v) is 7.71. The Morgan fingerprint density at radius 3 is 2.55 bits per heavy atom. The normalized spacial score (nSPS) is 19.5. The summed E-state index contributed by atoms with van der Waals surface area (Å²) >= 11 is 0. The van der Waals surface area contributed by atoms with Crippen molar-refractivity contribution < 1.29 is 19.1 Å². The first-order valence-corrected chi connectivity index (χ1v) is 10.5. The van der Waals surface area contributed by atoms with E-state index in [9.17, 15) is 14.4 Å². The van der Waals surface area contributed by atoms with Crippen LogP contribution < -0.4 is 15.4 Å². The summed E-state index contributed by atoms with van der Waals surface area (Å²) < 4.78 is 5.91. The Bertz CT molecular complexity index is 950. The molecule has 2 aliphatic heterocycles. The molecular weight excluding hydrogens is 396 g/mol. The van der Waals surface area contributed by atoms with E-state index in [1.165, 1.54) is 4.90 Å². The van der Waals surface area contributed by atoms with Crippen LogP contribution in [0, 0.1) is 0 Å². The van der Waals surface area contributed by atoms with Gasteiger partial charge in [0.2, 0.25) is 17.7 Å². The molecule has 2 aromatic carbocycles. The van der Waals surface area contributed by atoms with Crippen LogP contribution in [0.15, 0.2) is 54.6 Å². The fourth-order valence-corrected chi connectivity index (χ4v) is 3.89. The van der Waals surface area contributed by atoms with Gasteiger partial charge in [0, 0.05) is 32.7 Å². The molecule has 2 heterocycles. The van der Waals surface area contributed by atoms with Crippen molar-refractivity contribution >= 4 is 17.7 Å². The number of ether oxygens (including phenoxy) is 1. The van der Waals surface area contributed by atoms with E-state index in [1.54, 1.807) is 0 Å². The number of carbonyl (C=O) groups excluding carboxylic acids is 3. The van der Waals surface area contributed by atoms with Crippen LogP contribution in [0.1, 0.15) is 12.0 Å². The number of rotatable bonds is 6. The number of nitrogens with one attached hydrogen (secondary N) is 2. The van der Waals surface area contributed by atoms with Crippen molar-refractivity contribution in [1.82, 2.24) is 20.4 Å². The number of benzene rings is 2. The van der Waals surface area contributed by atoms with E-state index >= 15 is 0 Å². The number of nitrogens with zero attached hydrogens (tertiary/aromatic N) is 2. The second kappa shape index (κ2) is 9.61. The van der Waals surface area contributed by atoms with Crippen LogP contribution in [0.3, 0.4) is 0 Å². The molecule has 2 N–H and O–H groups in total. The molecule has 0 bridgehead atoms. The molecule has 3 amide bonds. The smallest absolute Gasteiger partial charge is 0.239 e. The molecule has 4 rings (SSSR count). The minimum absolute atomic E-state index is 0.0477. The van der Waals surface area contributed by atoms with Crippen molar-refractivity contribution in [2.24, 2.45) is 0 Å². The lowest BCUT2D eigenvalue weighted by Crippen LogP contribution is -2.57. The zero-order chi connectivity index (χ0) is 21.6. The second-order valence-electron chi connectivity index (χ2n) is 7.71. The minimum atomic E-state index is -0.565. The molecule has 0 saturated carbocycles. The largest absolute Gasteiger partial charge is 0.457 e. The fraction of sp³-hybridized carbons (Fsp3) is 0.348. The van der Waals surface area contributed by atoms with E-state index in [2.05, 4.69) is 10.6 Å². The Hall–Kier alpha value is -3.39. The molecule has 2 aromatic rings. The Kier molecular flexibility index (Phi) is 6.47. The van der Waals surface area contributed by atoms with Crippen molar-refractivity contribution in [1.29, 1.82) is 0 Å². The van der Waals surface area contributed by atoms with Crippen LogP contribution in [0.5, 0.6) is 11.5 Å². The Labute approximate surface area is 181 Å². The van der Waals surface area contributed by atoms with Crippen LogP contribution in [0.25, 0.3) is 0 Å². The average Bonchev–Trinajstić information content (AvgIpc) is 2.77. The van der Waals surface area contributed by atoms with Gasteiger partial charge in [0.25, 0.3) is 0 Å². The summed E-state index contributed by atoms with van der Waals surface area (Å²) in [7, 11) is 0. The number of amides is 3.